The second-order valence-electron chi connectivity index (χ2n) is 6.15. The molecule has 1 unspecified atom stereocenters. The molecule has 1 N–H and O–H groups in total. The molecule has 1 aliphatic heterocycles. The van der Waals surface area contributed by atoms with E-state index in [9.17, 15) is 4.79 Å². The maximum absolute atomic E-state index is 12.7. The van der Waals surface area contributed by atoms with E-state index in [-0.39, 0.29) is 5.97 Å². The zero-order valence-electron chi connectivity index (χ0n) is 15.4. The van der Waals surface area contributed by atoms with E-state index >= 15 is 0 Å². The Labute approximate surface area is 153 Å². The molecular formula is C19H24N4O3. The minimum Gasteiger partial charge on any atom is -0.494 e. The highest BCUT2D eigenvalue weighted by atomic mass is 16.5. The average molecular weight is 356 g/mol. The van der Waals surface area contributed by atoms with Gasteiger partial charge in [-0.3, -0.25) is 0 Å². The summed E-state index contributed by atoms with van der Waals surface area (Å²) in [7, 11) is 0. The largest absolute Gasteiger partial charge is 0.494 e. The van der Waals surface area contributed by atoms with Crippen molar-refractivity contribution < 1.29 is 14.3 Å². The Bertz CT molecular complexity index is 795. The van der Waals surface area contributed by atoms with E-state index in [1.807, 2.05) is 38.1 Å². The maximum atomic E-state index is 12.7. The first-order chi connectivity index (χ1) is 12.7. The fourth-order valence-electron chi connectivity index (χ4n) is 2.90. The van der Waals surface area contributed by atoms with Crippen molar-refractivity contribution >= 4 is 11.9 Å². The minimum absolute atomic E-state index is 0.339. The van der Waals surface area contributed by atoms with Gasteiger partial charge in [-0.25, -0.2) is 9.48 Å². The molecular weight excluding hydrogens is 332 g/mol. The molecule has 0 saturated heterocycles. The number of fused-ring (bicyclic) bond motifs is 1. The van der Waals surface area contributed by atoms with Crippen LogP contribution in [-0.2, 0) is 9.53 Å². The van der Waals surface area contributed by atoms with Crippen LogP contribution >= 0.6 is 0 Å². The Morgan fingerprint density at radius 3 is 2.62 bits per heavy atom. The molecule has 2 aromatic rings. The van der Waals surface area contributed by atoms with Gasteiger partial charge in [0.2, 0.25) is 5.95 Å². The van der Waals surface area contributed by atoms with Crippen molar-refractivity contribution in [1.29, 1.82) is 0 Å². The van der Waals surface area contributed by atoms with Gasteiger partial charge in [-0.1, -0.05) is 26.0 Å². The number of rotatable bonds is 7. The SMILES string of the molecule is CCCOC(=O)C1=C(C)Nc2ncnn2C1c1ccc(OCCC)cc1. The molecule has 0 bridgehead atoms. The number of allylic oxidation sites excluding steroid dienone is 1. The number of carbonyl (C=O) groups excluding carboxylic acids is 1. The van der Waals surface area contributed by atoms with E-state index in [0.717, 1.165) is 29.9 Å². The summed E-state index contributed by atoms with van der Waals surface area (Å²) in [5.74, 6) is 1.07. The lowest BCUT2D eigenvalue weighted by atomic mass is 9.96. The third kappa shape index (κ3) is 3.56. The first-order valence-corrected chi connectivity index (χ1v) is 8.92. The van der Waals surface area contributed by atoms with Crippen molar-refractivity contribution in [2.75, 3.05) is 18.5 Å². The van der Waals surface area contributed by atoms with E-state index in [1.165, 1.54) is 6.33 Å². The molecule has 0 saturated carbocycles. The highest BCUT2D eigenvalue weighted by molar-refractivity contribution is 5.92. The highest BCUT2D eigenvalue weighted by Gasteiger charge is 2.34. The molecule has 1 aromatic carbocycles. The Hall–Kier alpha value is -2.83. The molecule has 138 valence electrons. The zero-order valence-corrected chi connectivity index (χ0v) is 15.4. The molecule has 26 heavy (non-hydrogen) atoms. The van der Waals surface area contributed by atoms with Crippen molar-refractivity contribution in [2.24, 2.45) is 0 Å². The summed E-state index contributed by atoms with van der Waals surface area (Å²) in [4.78, 5) is 16.9. The number of hydrogen-bond donors (Lipinski definition) is 1. The van der Waals surface area contributed by atoms with Crippen molar-refractivity contribution in [3.05, 3.63) is 47.4 Å². The smallest absolute Gasteiger partial charge is 0.338 e. The van der Waals surface area contributed by atoms with Crippen LogP contribution in [0.15, 0.2) is 41.9 Å². The number of aromatic nitrogens is 3. The third-order valence-corrected chi connectivity index (χ3v) is 4.12. The van der Waals surface area contributed by atoms with E-state index in [4.69, 9.17) is 9.47 Å². The molecule has 7 heteroatoms. The highest BCUT2D eigenvalue weighted by Crippen LogP contribution is 2.35. The summed E-state index contributed by atoms with van der Waals surface area (Å²) in [6.07, 6.45) is 3.20. The van der Waals surface area contributed by atoms with Crippen molar-refractivity contribution in [3.8, 4) is 5.75 Å². The third-order valence-electron chi connectivity index (χ3n) is 4.12. The average Bonchev–Trinajstić information content (AvgIpc) is 3.11. The van der Waals surface area contributed by atoms with Gasteiger partial charge in [-0.2, -0.15) is 10.1 Å². The Morgan fingerprint density at radius 2 is 1.92 bits per heavy atom. The minimum atomic E-state index is -0.390. The van der Waals surface area contributed by atoms with Gasteiger partial charge in [-0.15, -0.1) is 0 Å². The van der Waals surface area contributed by atoms with Crippen LogP contribution in [-0.4, -0.2) is 33.9 Å². The first-order valence-electron chi connectivity index (χ1n) is 8.92. The topological polar surface area (TPSA) is 78.3 Å². The van der Waals surface area contributed by atoms with Gasteiger partial charge in [0, 0.05) is 5.70 Å². The van der Waals surface area contributed by atoms with Gasteiger partial charge in [0.15, 0.2) is 0 Å². The summed E-state index contributed by atoms with van der Waals surface area (Å²) in [6, 6.07) is 7.33. The van der Waals surface area contributed by atoms with Gasteiger partial charge in [0.1, 0.15) is 18.1 Å². The van der Waals surface area contributed by atoms with Gasteiger partial charge in [0.25, 0.3) is 0 Å². The molecule has 1 aromatic heterocycles. The number of esters is 1. The number of ether oxygens (including phenoxy) is 2. The molecule has 0 fully saturated rings. The molecule has 1 aliphatic rings. The lowest BCUT2D eigenvalue weighted by Crippen LogP contribution is -2.29. The number of benzene rings is 1. The molecule has 0 aliphatic carbocycles. The number of carbonyl (C=O) groups is 1. The standard InChI is InChI=1S/C19H24N4O3/c1-4-10-25-15-8-6-14(7-9-15)17-16(18(24)26-11-5-2)13(3)22-19-20-12-21-23(17)19/h6-9,12,17H,4-5,10-11H2,1-3H3,(H,20,21,22). The molecule has 0 amide bonds. The fraction of sp³-hybridized carbons (Fsp3) is 0.421. The Morgan fingerprint density at radius 1 is 1.19 bits per heavy atom. The monoisotopic (exact) mass is 356 g/mol. The summed E-state index contributed by atoms with van der Waals surface area (Å²) < 4.78 is 12.8. The predicted molar refractivity (Wildman–Crippen MR) is 98.0 cm³/mol. The van der Waals surface area contributed by atoms with E-state index in [0.29, 0.717) is 24.7 Å². The van der Waals surface area contributed by atoms with Crippen LogP contribution in [0.25, 0.3) is 0 Å². The lowest BCUT2D eigenvalue weighted by Gasteiger charge is -2.28. The van der Waals surface area contributed by atoms with Crippen molar-refractivity contribution in [2.45, 2.75) is 39.7 Å². The van der Waals surface area contributed by atoms with Crippen molar-refractivity contribution in [1.82, 2.24) is 14.8 Å². The number of anilines is 1. The van der Waals surface area contributed by atoms with Gasteiger partial charge in [-0.05, 0) is 37.5 Å². The second-order valence-corrected chi connectivity index (χ2v) is 6.15. The maximum Gasteiger partial charge on any atom is 0.338 e. The van der Waals surface area contributed by atoms with Crippen LogP contribution in [0.1, 0.15) is 45.2 Å². The molecule has 2 heterocycles. The molecule has 0 spiro atoms. The first kappa shape index (κ1) is 18.0. The van der Waals surface area contributed by atoms with Crippen LogP contribution in [0.5, 0.6) is 5.75 Å². The normalized spacial score (nSPS) is 16.0. The van der Waals surface area contributed by atoms with Crippen LogP contribution in [0.4, 0.5) is 5.95 Å². The quantitative estimate of drug-likeness (QED) is 0.767. The molecule has 0 radical (unpaired) electrons. The van der Waals surface area contributed by atoms with Gasteiger partial charge in [0.05, 0.1) is 18.8 Å². The second kappa shape index (κ2) is 8.03. The fourth-order valence-corrected chi connectivity index (χ4v) is 2.90. The number of nitrogens with one attached hydrogen (secondary N) is 1. The van der Waals surface area contributed by atoms with Gasteiger partial charge < -0.3 is 14.8 Å². The van der Waals surface area contributed by atoms with Crippen molar-refractivity contribution in [3.63, 3.8) is 0 Å². The van der Waals surface area contributed by atoms with Gasteiger partial charge >= 0.3 is 5.97 Å². The lowest BCUT2D eigenvalue weighted by molar-refractivity contribution is -0.139. The summed E-state index contributed by atoms with van der Waals surface area (Å²) in [6.45, 7) is 6.95. The zero-order chi connectivity index (χ0) is 18.5. The molecule has 7 nitrogen and oxygen atoms in total. The summed E-state index contributed by atoms with van der Waals surface area (Å²) in [5.41, 5.74) is 2.19. The molecule has 3 rings (SSSR count). The Kier molecular flexibility index (Phi) is 5.55. The summed E-state index contributed by atoms with van der Waals surface area (Å²) in [5, 5.41) is 7.43. The van der Waals surface area contributed by atoms with Crippen LogP contribution in [0.2, 0.25) is 0 Å². The van der Waals surface area contributed by atoms with Crippen LogP contribution in [0, 0.1) is 0 Å². The predicted octanol–water partition coefficient (Wildman–Crippen LogP) is 3.31. The molecule has 1 atom stereocenters. The summed E-state index contributed by atoms with van der Waals surface area (Å²) >= 11 is 0. The van der Waals surface area contributed by atoms with E-state index < -0.39 is 6.04 Å². The number of nitrogens with zero attached hydrogens (tertiary/aromatic N) is 3. The number of hydrogen-bond acceptors (Lipinski definition) is 6. The van der Waals surface area contributed by atoms with E-state index in [1.54, 1.807) is 4.68 Å². The Balaban J connectivity index is 1.96. The van der Waals surface area contributed by atoms with Crippen LogP contribution in [0.3, 0.4) is 0 Å². The van der Waals surface area contributed by atoms with E-state index in [2.05, 4.69) is 22.3 Å². The van der Waals surface area contributed by atoms with Crippen LogP contribution < -0.4 is 10.1 Å².